The van der Waals surface area contributed by atoms with Crippen LogP contribution in [-0.2, 0) is 11.2 Å². The second-order valence-electron chi connectivity index (χ2n) is 7.89. The van der Waals surface area contributed by atoms with Gasteiger partial charge >= 0.3 is 0 Å². The summed E-state index contributed by atoms with van der Waals surface area (Å²) in [6.45, 7) is 3.83. The Morgan fingerprint density at radius 1 is 0.926 bits per heavy atom. The molecule has 1 aliphatic rings. The fraction of sp³-hybridized carbons (Fsp3) is 0.680. The third-order valence-corrected chi connectivity index (χ3v) is 5.21. The molecule has 0 aromatic heterocycles. The first-order valence-electron chi connectivity index (χ1n) is 11.4. The van der Waals surface area contributed by atoms with E-state index in [4.69, 9.17) is 9.47 Å². The molecule has 152 valence electrons. The minimum atomic E-state index is 0.327. The van der Waals surface area contributed by atoms with Crippen molar-refractivity contribution in [3.05, 3.63) is 42.0 Å². The van der Waals surface area contributed by atoms with Crippen LogP contribution in [0.25, 0.3) is 0 Å². The van der Waals surface area contributed by atoms with Gasteiger partial charge in [-0.3, -0.25) is 0 Å². The van der Waals surface area contributed by atoms with Gasteiger partial charge in [0.15, 0.2) is 0 Å². The van der Waals surface area contributed by atoms with E-state index < -0.39 is 0 Å². The van der Waals surface area contributed by atoms with Crippen molar-refractivity contribution in [2.75, 3.05) is 13.2 Å². The van der Waals surface area contributed by atoms with Gasteiger partial charge in [-0.1, -0.05) is 76.2 Å². The molecular formula is C25H40O2. The van der Waals surface area contributed by atoms with Gasteiger partial charge in [0.1, 0.15) is 18.5 Å². The number of benzene rings is 1. The Bertz CT molecular complexity index is 505. The number of aryl methyl sites for hydroxylation is 1. The van der Waals surface area contributed by atoms with Gasteiger partial charge < -0.3 is 9.47 Å². The number of allylic oxidation sites excluding steroid dienone is 2. The maximum Gasteiger partial charge on any atom is 0.119 e. The Morgan fingerprint density at radius 3 is 2.30 bits per heavy atom. The highest BCUT2D eigenvalue weighted by Gasteiger charge is 2.22. The van der Waals surface area contributed by atoms with Crippen LogP contribution in [-0.4, -0.2) is 19.3 Å². The Hall–Kier alpha value is -1.28. The van der Waals surface area contributed by atoms with E-state index in [0.29, 0.717) is 12.7 Å². The standard InChI is InChI=1S/C25H40O2/c1-2-3-4-5-6-7-8-9-10-11-12-13-14-15-17-23-18-16-19-24(20-23)26-21-25-22-27-25/h9-10,16,18-20,25H,2-8,11-15,17,21-22H2,1H3/b10-9+. The largest absolute Gasteiger partial charge is 0.491 e. The van der Waals surface area contributed by atoms with Crippen LogP contribution in [0.15, 0.2) is 36.4 Å². The number of ether oxygens (including phenoxy) is 2. The van der Waals surface area contributed by atoms with Crippen LogP contribution >= 0.6 is 0 Å². The number of hydrogen-bond donors (Lipinski definition) is 0. The topological polar surface area (TPSA) is 21.8 Å². The number of epoxide rings is 1. The highest BCUT2D eigenvalue weighted by atomic mass is 16.6. The van der Waals surface area contributed by atoms with Gasteiger partial charge in [-0.15, -0.1) is 0 Å². The van der Waals surface area contributed by atoms with Gasteiger partial charge in [0.25, 0.3) is 0 Å². The normalized spacial score (nSPS) is 16.1. The SMILES string of the molecule is CCCCCCCC/C=C/CCCCCCc1cccc(OCC2CO2)c1. The molecule has 0 radical (unpaired) electrons. The molecule has 0 N–H and O–H groups in total. The fourth-order valence-electron chi connectivity index (χ4n) is 3.37. The van der Waals surface area contributed by atoms with Crippen LogP contribution in [0.3, 0.4) is 0 Å². The van der Waals surface area contributed by atoms with E-state index in [1.807, 2.05) is 6.07 Å². The Labute approximate surface area is 167 Å². The van der Waals surface area contributed by atoms with Gasteiger partial charge in [-0.25, -0.2) is 0 Å². The molecule has 1 saturated heterocycles. The van der Waals surface area contributed by atoms with Crippen LogP contribution < -0.4 is 4.74 Å². The Morgan fingerprint density at radius 2 is 1.59 bits per heavy atom. The van der Waals surface area contributed by atoms with Gasteiger partial charge in [-0.2, -0.15) is 0 Å². The molecule has 1 aromatic carbocycles. The van der Waals surface area contributed by atoms with E-state index in [0.717, 1.165) is 18.8 Å². The Kier molecular flexibility index (Phi) is 12.0. The van der Waals surface area contributed by atoms with Gasteiger partial charge in [0.05, 0.1) is 6.61 Å². The zero-order valence-electron chi connectivity index (χ0n) is 17.5. The summed E-state index contributed by atoms with van der Waals surface area (Å²) in [4.78, 5) is 0. The molecule has 0 saturated carbocycles. The molecule has 1 aliphatic heterocycles. The molecule has 1 fully saturated rings. The molecule has 1 heterocycles. The molecule has 0 amide bonds. The van der Waals surface area contributed by atoms with E-state index in [9.17, 15) is 0 Å². The van der Waals surface area contributed by atoms with Crippen LogP contribution in [0.2, 0.25) is 0 Å². The minimum absolute atomic E-state index is 0.327. The molecule has 0 bridgehead atoms. The minimum Gasteiger partial charge on any atom is -0.491 e. The summed E-state index contributed by atoms with van der Waals surface area (Å²) in [5, 5.41) is 0. The maximum atomic E-state index is 5.76. The summed E-state index contributed by atoms with van der Waals surface area (Å²) in [7, 11) is 0. The second-order valence-corrected chi connectivity index (χ2v) is 7.89. The van der Waals surface area contributed by atoms with E-state index in [2.05, 4.69) is 37.3 Å². The number of hydrogen-bond acceptors (Lipinski definition) is 2. The van der Waals surface area contributed by atoms with Crippen LogP contribution in [0.5, 0.6) is 5.75 Å². The lowest BCUT2D eigenvalue weighted by atomic mass is 10.0. The van der Waals surface area contributed by atoms with Crippen molar-refractivity contribution in [3.8, 4) is 5.75 Å². The maximum absolute atomic E-state index is 5.76. The lowest BCUT2D eigenvalue weighted by Crippen LogP contribution is -2.04. The summed E-state index contributed by atoms with van der Waals surface area (Å²) in [6, 6.07) is 8.55. The molecule has 27 heavy (non-hydrogen) atoms. The summed E-state index contributed by atoms with van der Waals surface area (Å²) in [5.74, 6) is 0.985. The number of rotatable bonds is 17. The summed E-state index contributed by atoms with van der Waals surface area (Å²) >= 11 is 0. The highest BCUT2D eigenvalue weighted by Crippen LogP contribution is 2.18. The highest BCUT2D eigenvalue weighted by molar-refractivity contribution is 5.28. The first-order valence-corrected chi connectivity index (χ1v) is 11.4. The predicted octanol–water partition coefficient (Wildman–Crippen LogP) is 7.26. The molecule has 0 aliphatic carbocycles. The third kappa shape index (κ3) is 11.9. The van der Waals surface area contributed by atoms with Gasteiger partial charge in [-0.05, 0) is 56.2 Å². The first kappa shape index (κ1) is 22.0. The predicted molar refractivity (Wildman–Crippen MR) is 116 cm³/mol. The summed E-state index contributed by atoms with van der Waals surface area (Å²) in [5.41, 5.74) is 1.39. The van der Waals surface area contributed by atoms with E-state index in [1.165, 1.54) is 82.6 Å². The van der Waals surface area contributed by atoms with Crippen molar-refractivity contribution in [3.63, 3.8) is 0 Å². The van der Waals surface area contributed by atoms with Crippen LogP contribution in [0.4, 0.5) is 0 Å². The fourth-order valence-corrected chi connectivity index (χ4v) is 3.37. The van der Waals surface area contributed by atoms with Crippen LogP contribution in [0, 0.1) is 0 Å². The van der Waals surface area contributed by atoms with E-state index >= 15 is 0 Å². The monoisotopic (exact) mass is 372 g/mol. The van der Waals surface area contributed by atoms with Crippen molar-refractivity contribution >= 4 is 0 Å². The Balaban J connectivity index is 1.40. The van der Waals surface area contributed by atoms with Crippen molar-refractivity contribution in [2.24, 2.45) is 0 Å². The summed E-state index contributed by atoms with van der Waals surface area (Å²) in [6.07, 6.45) is 22.5. The average Bonchev–Trinajstić information content (AvgIpc) is 3.51. The smallest absolute Gasteiger partial charge is 0.119 e. The molecule has 1 atom stereocenters. The van der Waals surface area contributed by atoms with Crippen molar-refractivity contribution in [1.82, 2.24) is 0 Å². The lowest BCUT2D eigenvalue weighted by molar-refractivity contribution is 0.263. The first-order chi connectivity index (χ1) is 13.4. The second kappa shape index (κ2) is 14.7. The van der Waals surface area contributed by atoms with Crippen molar-refractivity contribution in [2.45, 2.75) is 96.5 Å². The number of unbranched alkanes of at least 4 members (excludes halogenated alkanes) is 10. The van der Waals surface area contributed by atoms with Crippen molar-refractivity contribution in [1.29, 1.82) is 0 Å². The molecular weight excluding hydrogens is 332 g/mol. The van der Waals surface area contributed by atoms with Gasteiger partial charge in [0, 0.05) is 0 Å². The third-order valence-electron chi connectivity index (χ3n) is 5.21. The van der Waals surface area contributed by atoms with Gasteiger partial charge in [0.2, 0.25) is 0 Å². The van der Waals surface area contributed by atoms with Crippen molar-refractivity contribution < 1.29 is 9.47 Å². The van der Waals surface area contributed by atoms with E-state index in [-0.39, 0.29) is 0 Å². The lowest BCUT2D eigenvalue weighted by Gasteiger charge is -2.07. The summed E-state index contributed by atoms with van der Waals surface area (Å²) < 4.78 is 10.9. The average molecular weight is 373 g/mol. The molecule has 2 nitrogen and oxygen atoms in total. The molecule has 2 rings (SSSR count). The van der Waals surface area contributed by atoms with Crippen LogP contribution in [0.1, 0.15) is 89.5 Å². The molecule has 1 unspecified atom stereocenters. The zero-order valence-corrected chi connectivity index (χ0v) is 17.5. The molecule has 2 heteroatoms. The molecule has 1 aromatic rings. The quantitative estimate of drug-likeness (QED) is 0.163. The molecule has 0 spiro atoms. The van der Waals surface area contributed by atoms with E-state index in [1.54, 1.807) is 0 Å². The zero-order chi connectivity index (χ0) is 19.0.